The van der Waals surface area contributed by atoms with E-state index in [9.17, 15) is 4.79 Å². The monoisotopic (exact) mass is 366 g/mol. The molecule has 0 aliphatic rings. The molecule has 0 saturated heterocycles. The summed E-state index contributed by atoms with van der Waals surface area (Å²) in [6.45, 7) is 0. The maximum Gasteiger partial charge on any atom is 0.251 e. The van der Waals surface area contributed by atoms with Gasteiger partial charge in [0, 0.05) is 30.3 Å². The number of hydrogen-bond acceptors (Lipinski definition) is 4. The van der Waals surface area contributed by atoms with Crippen LogP contribution in [-0.4, -0.2) is 10.8 Å². The van der Waals surface area contributed by atoms with Crippen molar-refractivity contribution < 1.29 is 0 Å². The summed E-state index contributed by atoms with van der Waals surface area (Å²) < 4.78 is 1.64. The average molecular weight is 366 g/mol. The molecule has 0 saturated carbocycles. The fourth-order valence-electron chi connectivity index (χ4n) is 2.90. The zero-order valence-electron chi connectivity index (χ0n) is 15.4. The van der Waals surface area contributed by atoms with Gasteiger partial charge in [-0.3, -0.25) is 9.79 Å². The highest BCUT2D eigenvalue weighted by atomic mass is 16.1. The molecule has 0 bridgehead atoms. The summed E-state index contributed by atoms with van der Waals surface area (Å²) in [6.07, 6.45) is 1.73. The number of benzene rings is 3. The summed E-state index contributed by atoms with van der Waals surface area (Å²) in [6, 6.07) is 26.5. The molecule has 5 heteroatoms. The van der Waals surface area contributed by atoms with Crippen LogP contribution in [0.25, 0.3) is 10.9 Å². The molecule has 4 rings (SSSR count). The maximum absolute atomic E-state index is 12.2. The zero-order valence-corrected chi connectivity index (χ0v) is 15.4. The summed E-state index contributed by atoms with van der Waals surface area (Å²) in [5.74, 6) is 0. The van der Waals surface area contributed by atoms with Crippen LogP contribution < -0.4 is 5.56 Å². The first-order valence-corrected chi connectivity index (χ1v) is 8.90. The lowest BCUT2D eigenvalue weighted by atomic mass is 10.1. The van der Waals surface area contributed by atoms with Gasteiger partial charge in [0.2, 0.25) is 0 Å². The summed E-state index contributed by atoms with van der Waals surface area (Å²) in [7, 11) is 1.77. The highest BCUT2D eigenvalue weighted by Crippen LogP contribution is 2.22. The fraction of sp³-hybridized carbons (Fsp3) is 0.0435. The Balaban J connectivity index is 1.58. The minimum Gasteiger partial charge on any atom is -0.311 e. The third kappa shape index (κ3) is 3.78. The smallest absolute Gasteiger partial charge is 0.251 e. The number of para-hydroxylation sites is 1. The molecule has 0 spiro atoms. The average Bonchev–Trinajstić information content (AvgIpc) is 2.75. The first-order chi connectivity index (χ1) is 13.7. The third-order valence-electron chi connectivity index (χ3n) is 4.43. The zero-order chi connectivity index (χ0) is 19.3. The molecule has 1 aromatic heterocycles. The highest BCUT2D eigenvalue weighted by Gasteiger charge is 2.04. The molecule has 136 valence electrons. The van der Waals surface area contributed by atoms with E-state index in [1.807, 2.05) is 78.9 Å². The minimum atomic E-state index is -0.0585. The molecule has 1 heterocycles. The molecule has 0 amide bonds. The molecule has 0 unspecified atom stereocenters. The van der Waals surface area contributed by atoms with Crippen LogP contribution in [0.4, 0.5) is 17.1 Å². The van der Waals surface area contributed by atoms with Gasteiger partial charge in [-0.05, 0) is 42.5 Å². The van der Waals surface area contributed by atoms with E-state index in [0.717, 1.165) is 33.5 Å². The molecule has 0 N–H and O–H groups in total. The van der Waals surface area contributed by atoms with Crippen molar-refractivity contribution in [1.29, 1.82) is 0 Å². The van der Waals surface area contributed by atoms with E-state index < -0.39 is 0 Å². The van der Waals surface area contributed by atoms with Crippen LogP contribution >= 0.6 is 0 Å². The quantitative estimate of drug-likeness (QED) is 0.337. The second kappa shape index (κ2) is 7.80. The second-order valence-corrected chi connectivity index (χ2v) is 6.32. The highest BCUT2D eigenvalue weighted by molar-refractivity contribution is 5.99. The van der Waals surface area contributed by atoms with Crippen molar-refractivity contribution >= 4 is 34.2 Å². The number of azo groups is 1. The van der Waals surface area contributed by atoms with Gasteiger partial charge in [0.25, 0.3) is 5.56 Å². The maximum atomic E-state index is 12.2. The molecule has 0 fully saturated rings. The number of aliphatic imine (C=N–C) groups is 1. The number of aryl methyl sites for hydroxylation is 1. The van der Waals surface area contributed by atoms with Gasteiger partial charge in [-0.1, -0.05) is 36.4 Å². The van der Waals surface area contributed by atoms with Crippen molar-refractivity contribution in [3.05, 3.63) is 101 Å². The molecule has 0 radical (unpaired) electrons. The van der Waals surface area contributed by atoms with E-state index in [-0.39, 0.29) is 5.56 Å². The Labute approximate surface area is 162 Å². The van der Waals surface area contributed by atoms with E-state index in [1.54, 1.807) is 23.9 Å². The Hall–Kier alpha value is -3.86. The number of hydrogen-bond donors (Lipinski definition) is 0. The van der Waals surface area contributed by atoms with Crippen LogP contribution in [0.3, 0.4) is 0 Å². The number of aromatic nitrogens is 1. The predicted molar refractivity (Wildman–Crippen MR) is 114 cm³/mol. The molecule has 0 atom stereocenters. The van der Waals surface area contributed by atoms with E-state index in [0.29, 0.717) is 0 Å². The first kappa shape index (κ1) is 17.5. The lowest BCUT2D eigenvalue weighted by molar-refractivity contribution is 0.906. The summed E-state index contributed by atoms with van der Waals surface area (Å²) in [5.41, 5.74) is 3.96. The van der Waals surface area contributed by atoms with Gasteiger partial charge in [-0.2, -0.15) is 10.2 Å². The SMILES string of the molecule is Cn1c(=O)cc(C=Nc2ccc(N=Nc3ccccc3)cc2)c2ccccc21. The first-order valence-electron chi connectivity index (χ1n) is 8.90. The fourth-order valence-corrected chi connectivity index (χ4v) is 2.90. The summed E-state index contributed by atoms with van der Waals surface area (Å²) in [5, 5.41) is 9.42. The summed E-state index contributed by atoms with van der Waals surface area (Å²) >= 11 is 0. The number of fused-ring (bicyclic) bond motifs is 1. The topological polar surface area (TPSA) is 59.1 Å². The second-order valence-electron chi connectivity index (χ2n) is 6.32. The molecular weight excluding hydrogens is 348 g/mol. The standard InChI is InChI=1S/C23H18N4O/c1-27-22-10-6-5-9-21(22)17(15-23(27)28)16-24-18-11-13-20(14-12-18)26-25-19-7-3-2-4-8-19/h2-16H,1H3. The lowest BCUT2D eigenvalue weighted by Crippen LogP contribution is -2.17. The third-order valence-corrected chi connectivity index (χ3v) is 4.43. The number of rotatable bonds is 4. The van der Waals surface area contributed by atoms with Gasteiger partial charge < -0.3 is 4.57 Å². The van der Waals surface area contributed by atoms with Crippen molar-refractivity contribution in [3.8, 4) is 0 Å². The van der Waals surface area contributed by atoms with Crippen molar-refractivity contribution in [3.63, 3.8) is 0 Å². The predicted octanol–water partition coefficient (Wildman–Crippen LogP) is 5.70. The Kier molecular flexibility index (Phi) is 4.89. The molecule has 0 aliphatic heterocycles. The Morgan fingerprint density at radius 2 is 1.36 bits per heavy atom. The number of pyridine rings is 1. The molecule has 5 nitrogen and oxygen atoms in total. The van der Waals surface area contributed by atoms with Gasteiger partial charge >= 0.3 is 0 Å². The Morgan fingerprint density at radius 1 is 0.750 bits per heavy atom. The normalized spacial score (nSPS) is 11.6. The van der Waals surface area contributed by atoms with E-state index in [4.69, 9.17) is 0 Å². The summed E-state index contributed by atoms with van der Waals surface area (Å²) in [4.78, 5) is 16.7. The van der Waals surface area contributed by atoms with Crippen molar-refractivity contribution in [2.24, 2.45) is 22.3 Å². The van der Waals surface area contributed by atoms with E-state index in [1.165, 1.54) is 0 Å². The van der Waals surface area contributed by atoms with Gasteiger partial charge in [0.05, 0.1) is 22.6 Å². The minimum absolute atomic E-state index is 0.0585. The van der Waals surface area contributed by atoms with Crippen molar-refractivity contribution in [2.45, 2.75) is 0 Å². The molecule has 0 aliphatic carbocycles. The van der Waals surface area contributed by atoms with Gasteiger partial charge in [-0.15, -0.1) is 0 Å². The molecular formula is C23H18N4O. The van der Waals surface area contributed by atoms with Crippen molar-refractivity contribution in [2.75, 3.05) is 0 Å². The van der Waals surface area contributed by atoms with Crippen LogP contribution in [0, 0.1) is 0 Å². The largest absolute Gasteiger partial charge is 0.311 e. The van der Waals surface area contributed by atoms with Gasteiger partial charge in [-0.25, -0.2) is 0 Å². The lowest BCUT2D eigenvalue weighted by Gasteiger charge is -2.06. The van der Waals surface area contributed by atoms with Crippen LogP contribution in [-0.2, 0) is 7.05 Å². The molecule has 28 heavy (non-hydrogen) atoms. The number of nitrogens with zero attached hydrogens (tertiary/aromatic N) is 4. The van der Waals surface area contributed by atoms with E-state index in [2.05, 4.69) is 15.2 Å². The van der Waals surface area contributed by atoms with Crippen LogP contribution in [0.2, 0.25) is 0 Å². The van der Waals surface area contributed by atoms with Crippen LogP contribution in [0.15, 0.2) is 105 Å². The molecule has 3 aromatic carbocycles. The van der Waals surface area contributed by atoms with Gasteiger partial charge in [0.15, 0.2) is 0 Å². The van der Waals surface area contributed by atoms with Crippen molar-refractivity contribution in [1.82, 2.24) is 4.57 Å². The Morgan fingerprint density at radius 3 is 2.11 bits per heavy atom. The van der Waals surface area contributed by atoms with Crippen LogP contribution in [0.5, 0.6) is 0 Å². The van der Waals surface area contributed by atoms with Gasteiger partial charge in [0.1, 0.15) is 0 Å². The van der Waals surface area contributed by atoms with E-state index >= 15 is 0 Å². The van der Waals surface area contributed by atoms with Crippen LogP contribution in [0.1, 0.15) is 5.56 Å². The Bertz CT molecular complexity index is 1220. The molecule has 4 aromatic rings.